The lowest BCUT2D eigenvalue weighted by molar-refractivity contribution is 0.599. The van der Waals surface area contributed by atoms with Crippen molar-refractivity contribution in [1.29, 1.82) is 0 Å². The van der Waals surface area contributed by atoms with Crippen LogP contribution in [0.25, 0.3) is 22.2 Å². The van der Waals surface area contributed by atoms with E-state index in [-0.39, 0.29) is 10.6 Å². The molecule has 34 heavy (non-hydrogen) atoms. The van der Waals surface area contributed by atoms with Crippen molar-refractivity contribution in [2.75, 3.05) is 21.3 Å². The molecule has 1 saturated heterocycles. The number of benzene rings is 2. The first-order valence-corrected chi connectivity index (χ1v) is 13.8. The quantitative estimate of drug-likeness (QED) is 0.425. The van der Waals surface area contributed by atoms with Gasteiger partial charge in [-0.25, -0.2) is 21.8 Å². The summed E-state index contributed by atoms with van der Waals surface area (Å²) < 4.78 is 54.0. The van der Waals surface area contributed by atoms with Gasteiger partial charge in [0, 0.05) is 35.6 Å². The van der Waals surface area contributed by atoms with Gasteiger partial charge in [0.25, 0.3) is 10.0 Å². The first-order valence-electron chi connectivity index (χ1n) is 10.4. The Bertz CT molecular complexity index is 1610. The SMILES string of the molecule is O=S(=O)(Nc1ccc(Cl)c(-c2ccc3cnccc3n2)c1)c1ccc(N2CCCS2(=O)=O)cc1. The molecule has 2 aromatic heterocycles. The normalized spacial score (nSPS) is 15.5. The van der Waals surface area contributed by atoms with Gasteiger partial charge in [-0.05, 0) is 67.1 Å². The summed E-state index contributed by atoms with van der Waals surface area (Å²) in [5, 5.41) is 1.31. The van der Waals surface area contributed by atoms with E-state index in [4.69, 9.17) is 11.6 Å². The van der Waals surface area contributed by atoms with Crippen LogP contribution in [-0.2, 0) is 20.0 Å². The maximum Gasteiger partial charge on any atom is 0.261 e. The Morgan fingerprint density at radius 1 is 1.00 bits per heavy atom. The van der Waals surface area contributed by atoms with Crippen molar-refractivity contribution in [3.63, 3.8) is 0 Å². The van der Waals surface area contributed by atoms with Gasteiger partial charge in [-0.15, -0.1) is 0 Å². The molecule has 11 heteroatoms. The predicted molar refractivity (Wildman–Crippen MR) is 133 cm³/mol. The molecule has 0 spiro atoms. The summed E-state index contributed by atoms with van der Waals surface area (Å²) in [6.07, 6.45) is 3.91. The van der Waals surface area contributed by atoms with Gasteiger partial charge in [0.15, 0.2) is 0 Å². The average Bonchev–Trinajstić information content (AvgIpc) is 3.19. The van der Waals surface area contributed by atoms with Gasteiger partial charge in [-0.2, -0.15) is 0 Å². The van der Waals surface area contributed by atoms with Crippen molar-refractivity contribution >= 4 is 53.9 Å². The van der Waals surface area contributed by atoms with E-state index in [1.165, 1.54) is 28.6 Å². The molecule has 0 saturated carbocycles. The zero-order valence-electron chi connectivity index (χ0n) is 17.7. The molecular formula is C23H19ClN4O4S2. The zero-order valence-corrected chi connectivity index (χ0v) is 20.1. The highest BCUT2D eigenvalue weighted by Gasteiger charge is 2.28. The standard InChI is InChI=1S/C23H19ClN4O4S2/c24-21-8-3-17(14-20(21)23-9-2-16-15-25-11-10-22(16)26-23)27-34(31,32)19-6-4-18(5-7-19)28-12-1-13-33(28,29)30/h2-11,14-15,27H,1,12-13H2. The highest BCUT2D eigenvalue weighted by Crippen LogP contribution is 2.32. The number of rotatable bonds is 5. The number of nitrogens with zero attached hydrogens (tertiary/aromatic N) is 3. The smallest absolute Gasteiger partial charge is 0.261 e. The third kappa shape index (κ3) is 4.31. The Balaban J connectivity index is 1.42. The third-order valence-electron chi connectivity index (χ3n) is 5.52. The molecule has 0 bridgehead atoms. The minimum absolute atomic E-state index is 0.0145. The monoisotopic (exact) mass is 514 g/mol. The topological polar surface area (TPSA) is 109 Å². The highest BCUT2D eigenvalue weighted by atomic mass is 35.5. The molecule has 0 unspecified atom stereocenters. The summed E-state index contributed by atoms with van der Waals surface area (Å²) in [6.45, 7) is 0.388. The molecular weight excluding hydrogens is 496 g/mol. The van der Waals surface area contributed by atoms with Crippen LogP contribution in [0.1, 0.15) is 6.42 Å². The lowest BCUT2D eigenvalue weighted by Crippen LogP contribution is -2.25. The van der Waals surface area contributed by atoms with Gasteiger partial charge in [-0.3, -0.25) is 14.0 Å². The third-order valence-corrected chi connectivity index (χ3v) is 9.11. The van der Waals surface area contributed by atoms with Crippen molar-refractivity contribution in [2.24, 2.45) is 0 Å². The first-order chi connectivity index (χ1) is 16.2. The predicted octanol–water partition coefficient (Wildman–Crippen LogP) is 4.29. The van der Waals surface area contributed by atoms with Crippen LogP contribution < -0.4 is 9.03 Å². The molecule has 1 fully saturated rings. The molecule has 0 amide bonds. The maximum atomic E-state index is 13.0. The van der Waals surface area contributed by atoms with Crippen molar-refractivity contribution in [3.8, 4) is 11.3 Å². The fraction of sp³-hybridized carbons (Fsp3) is 0.130. The molecule has 0 radical (unpaired) electrons. The molecule has 174 valence electrons. The summed E-state index contributed by atoms with van der Waals surface area (Å²) in [5.41, 5.74) is 2.69. The van der Waals surface area contributed by atoms with Crippen LogP contribution in [-0.4, -0.2) is 39.1 Å². The number of sulfonamides is 2. The van der Waals surface area contributed by atoms with E-state index in [0.717, 1.165) is 10.9 Å². The Kier molecular flexibility index (Phi) is 5.67. The van der Waals surface area contributed by atoms with Crippen LogP contribution >= 0.6 is 11.6 Å². The summed E-state index contributed by atoms with van der Waals surface area (Å²) in [5.74, 6) is 0.0937. The fourth-order valence-electron chi connectivity index (χ4n) is 3.84. The number of hydrogen-bond acceptors (Lipinski definition) is 6. The number of hydrogen-bond donors (Lipinski definition) is 1. The molecule has 5 rings (SSSR count). The molecule has 1 aliphatic heterocycles. The summed E-state index contributed by atoms with van der Waals surface area (Å²) in [7, 11) is -7.26. The van der Waals surface area contributed by atoms with Crippen molar-refractivity contribution < 1.29 is 16.8 Å². The first kappa shape index (κ1) is 22.6. The summed E-state index contributed by atoms with van der Waals surface area (Å²) in [4.78, 5) is 8.70. The lowest BCUT2D eigenvalue weighted by Gasteiger charge is -2.17. The second-order valence-corrected chi connectivity index (χ2v) is 11.9. The lowest BCUT2D eigenvalue weighted by atomic mass is 10.1. The minimum atomic E-state index is -3.92. The van der Waals surface area contributed by atoms with E-state index in [2.05, 4.69) is 14.7 Å². The van der Waals surface area contributed by atoms with Crippen LogP contribution in [0.4, 0.5) is 11.4 Å². The second kappa shape index (κ2) is 8.53. The van der Waals surface area contributed by atoms with Gasteiger partial charge in [-0.1, -0.05) is 11.6 Å². The van der Waals surface area contributed by atoms with Crippen LogP contribution in [0.2, 0.25) is 5.02 Å². The van der Waals surface area contributed by atoms with Crippen molar-refractivity contribution in [3.05, 3.63) is 78.1 Å². The number of anilines is 2. The number of pyridine rings is 2. The average molecular weight is 515 g/mol. The van der Waals surface area contributed by atoms with Gasteiger partial charge in [0.2, 0.25) is 10.0 Å². The van der Waals surface area contributed by atoms with E-state index in [1.807, 2.05) is 6.07 Å². The number of nitrogens with one attached hydrogen (secondary N) is 1. The van der Waals surface area contributed by atoms with Gasteiger partial charge in [0.1, 0.15) is 0 Å². The Hall–Kier alpha value is -3.21. The second-order valence-electron chi connectivity index (χ2n) is 7.80. The van der Waals surface area contributed by atoms with E-state index >= 15 is 0 Å². The van der Waals surface area contributed by atoms with E-state index in [9.17, 15) is 16.8 Å². The number of halogens is 1. The highest BCUT2D eigenvalue weighted by molar-refractivity contribution is 7.93. The van der Waals surface area contributed by atoms with Crippen LogP contribution in [0.15, 0.2) is 78.0 Å². The van der Waals surface area contributed by atoms with Gasteiger partial charge >= 0.3 is 0 Å². The van der Waals surface area contributed by atoms with Crippen molar-refractivity contribution in [1.82, 2.24) is 9.97 Å². The molecule has 0 atom stereocenters. The Morgan fingerprint density at radius 2 is 1.79 bits per heavy atom. The molecule has 0 aliphatic carbocycles. The molecule has 2 aromatic carbocycles. The Morgan fingerprint density at radius 3 is 2.53 bits per heavy atom. The van der Waals surface area contributed by atoms with E-state index < -0.39 is 20.0 Å². The zero-order chi connectivity index (χ0) is 23.9. The molecule has 8 nitrogen and oxygen atoms in total. The Labute approximate surface area is 202 Å². The van der Waals surface area contributed by atoms with Crippen LogP contribution in [0.5, 0.6) is 0 Å². The summed E-state index contributed by atoms with van der Waals surface area (Å²) in [6, 6.07) is 16.0. The van der Waals surface area contributed by atoms with Crippen molar-refractivity contribution in [2.45, 2.75) is 11.3 Å². The van der Waals surface area contributed by atoms with E-state index in [1.54, 1.807) is 42.7 Å². The molecule has 1 aliphatic rings. The fourth-order valence-corrected chi connectivity index (χ4v) is 6.66. The van der Waals surface area contributed by atoms with Crippen LogP contribution in [0, 0.1) is 0 Å². The number of fused-ring (bicyclic) bond motifs is 1. The molecule has 4 aromatic rings. The summed E-state index contributed by atoms with van der Waals surface area (Å²) >= 11 is 6.39. The maximum absolute atomic E-state index is 13.0. The minimum Gasteiger partial charge on any atom is -0.280 e. The molecule has 1 N–H and O–H groups in total. The van der Waals surface area contributed by atoms with Crippen LogP contribution in [0.3, 0.4) is 0 Å². The molecule has 3 heterocycles. The van der Waals surface area contributed by atoms with Gasteiger partial charge in [0.05, 0.1) is 32.6 Å². The van der Waals surface area contributed by atoms with E-state index in [0.29, 0.717) is 40.6 Å². The van der Waals surface area contributed by atoms with Gasteiger partial charge < -0.3 is 0 Å². The number of aromatic nitrogens is 2. The largest absolute Gasteiger partial charge is 0.280 e.